The molecule has 2 rings (SSSR count). The molecular weight excluding hydrogens is 204 g/mol. The van der Waals surface area contributed by atoms with Crippen LogP contribution in [0.1, 0.15) is 27.9 Å². The number of carbonyl (C=O) groups excluding carboxylic acids is 1. The van der Waals surface area contributed by atoms with E-state index in [2.05, 4.69) is 5.43 Å². The molecule has 0 spiro atoms. The maximum absolute atomic E-state index is 11.4. The zero-order valence-corrected chi connectivity index (χ0v) is 9.32. The lowest BCUT2D eigenvalue weighted by Gasteiger charge is -2.24. The second-order valence-corrected chi connectivity index (χ2v) is 4.08. The maximum Gasteiger partial charge on any atom is 0.337 e. The van der Waals surface area contributed by atoms with Gasteiger partial charge < -0.3 is 4.74 Å². The van der Waals surface area contributed by atoms with Crippen LogP contribution in [0.25, 0.3) is 0 Å². The van der Waals surface area contributed by atoms with Gasteiger partial charge >= 0.3 is 5.97 Å². The van der Waals surface area contributed by atoms with Crippen molar-refractivity contribution in [1.82, 2.24) is 5.43 Å². The summed E-state index contributed by atoms with van der Waals surface area (Å²) >= 11 is 0. The van der Waals surface area contributed by atoms with Gasteiger partial charge in [-0.1, -0.05) is 6.07 Å². The molecule has 0 fully saturated rings. The van der Waals surface area contributed by atoms with Crippen molar-refractivity contribution in [3.8, 4) is 0 Å². The first kappa shape index (κ1) is 11.1. The molecule has 0 saturated carbocycles. The van der Waals surface area contributed by atoms with Gasteiger partial charge in [-0.15, -0.1) is 0 Å². The Morgan fingerprint density at radius 2 is 2.31 bits per heavy atom. The number of esters is 1. The molecule has 16 heavy (non-hydrogen) atoms. The number of aryl methyl sites for hydroxylation is 1. The van der Waals surface area contributed by atoms with Gasteiger partial charge in [0.2, 0.25) is 0 Å². The first-order chi connectivity index (χ1) is 7.74. The Labute approximate surface area is 94.8 Å². The first-order valence-electron chi connectivity index (χ1n) is 5.41. The van der Waals surface area contributed by atoms with E-state index in [1.807, 2.05) is 18.2 Å². The Bertz CT molecular complexity index is 404. The molecule has 1 unspecified atom stereocenters. The highest BCUT2D eigenvalue weighted by molar-refractivity contribution is 5.89. The lowest BCUT2D eigenvalue weighted by Crippen LogP contribution is -2.39. The van der Waals surface area contributed by atoms with Gasteiger partial charge in [-0.2, -0.15) is 0 Å². The van der Waals surface area contributed by atoms with Crippen LogP contribution in [0.5, 0.6) is 0 Å². The summed E-state index contributed by atoms with van der Waals surface area (Å²) in [6.45, 7) is 0. The summed E-state index contributed by atoms with van der Waals surface area (Å²) in [4.78, 5) is 11.4. The van der Waals surface area contributed by atoms with E-state index in [0.717, 1.165) is 19.3 Å². The number of fused-ring (bicyclic) bond motifs is 1. The normalized spacial score (nSPS) is 19.0. The summed E-state index contributed by atoms with van der Waals surface area (Å²) < 4.78 is 4.70. The molecule has 1 aromatic rings. The van der Waals surface area contributed by atoms with Crippen molar-refractivity contribution < 1.29 is 9.53 Å². The number of nitrogens with two attached hydrogens (primary N) is 1. The van der Waals surface area contributed by atoms with Gasteiger partial charge in [0.1, 0.15) is 0 Å². The van der Waals surface area contributed by atoms with E-state index in [9.17, 15) is 4.79 Å². The average molecular weight is 220 g/mol. The molecule has 4 heteroatoms. The molecule has 0 bridgehead atoms. The molecule has 1 atom stereocenters. The molecule has 0 heterocycles. The number of hydrazine groups is 1. The minimum Gasteiger partial charge on any atom is -0.465 e. The second-order valence-electron chi connectivity index (χ2n) is 4.08. The van der Waals surface area contributed by atoms with E-state index >= 15 is 0 Å². The van der Waals surface area contributed by atoms with Crippen LogP contribution in [0.3, 0.4) is 0 Å². The van der Waals surface area contributed by atoms with Crippen LogP contribution in [0.15, 0.2) is 18.2 Å². The SMILES string of the molecule is COC(=O)c1ccc2c(c1)CC(NN)CC2. The molecule has 0 radical (unpaired) electrons. The maximum atomic E-state index is 11.4. The van der Waals surface area contributed by atoms with Crippen LogP contribution in [-0.4, -0.2) is 19.1 Å². The highest BCUT2D eigenvalue weighted by Crippen LogP contribution is 2.22. The summed E-state index contributed by atoms with van der Waals surface area (Å²) in [7, 11) is 1.39. The topological polar surface area (TPSA) is 64.3 Å². The summed E-state index contributed by atoms with van der Waals surface area (Å²) in [6.07, 6.45) is 2.92. The zero-order chi connectivity index (χ0) is 11.5. The number of carbonyl (C=O) groups is 1. The minimum absolute atomic E-state index is 0.286. The number of ether oxygens (including phenoxy) is 1. The number of rotatable bonds is 2. The van der Waals surface area contributed by atoms with E-state index in [1.54, 1.807) is 0 Å². The molecule has 0 saturated heterocycles. The molecule has 1 aliphatic carbocycles. The van der Waals surface area contributed by atoms with Gasteiger partial charge in [0.25, 0.3) is 0 Å². The van der Waals surface area contributed by atoms with Crippen molar-refractivity contribution in [1.29, 1.82) is 0 Å². The zero-order valence-electron chi connectivity index (χ0n) is 9.32. The Morgan fingerprint density at radius 1 is 1.50 bits per heavy atom. The van der Waals surface area contributed by atoms with Gasteiger partial charge in [0, 0.05) is 6.04 Å². The highest BCUT2D eigenvalue weighted by Gasteiger charge is 2.18. The lowest BCUT2D eigenvalue weighted by atomic mass is 9.87. The Balaban J connectivity index is 2.27. The number of hydrogen-bond acceptors (Lipinski definition) is 4. The quantitative estimate of drug-likeness (QED) is 0.439. The second kappa shape index (κ2) is 4.63. The molecule has 1 aliphatic rings. The molecule has 0 aromatic heterocycles. The van der Waals surface area contributed by atoms with E-state index in [0.29, 0.717) is 11.6 Å². The van der Waals surface area contributed by atoms with Gasteiger partial charge in [-0.05, 0) is 42.5 Å². The van der Waals surface area contributed by atoms with Crippen molar-refractivity contribution in [2.45, 2.75) is 25.3 Å². The fourth-order valence-corrected chi connectivity index (χ4v) is 2.14. The summed E-state index contributed by atoms with van der Waals surface area (Å²) in [5, 5.41) is 0. The minimum atomic E-state index is -0.286. The third-order valence-electron chi connectivity index (χ3n) is 3.09. The Morgan fingerprint density at radius 3 is 3.00 bits per heavy atom. The third-order valence-corrected chi connectivity index (χ3v) is 3.09. The largest absolute Gasteiger partial charge is 0.465 e. The van der Waals surface area contributed by atoms with Crippen LogP contribution in [0.4, 0.5) is 0 Å². The van der Waals surface area contributed by atoms with Crippen LogP contribution in [0.2, 0.25) is 0 Å². The van der Waals surface area contributed by atoms with Crippen LogP contribution in [-0.2, 0) is 17.6 Å². The summed E-state index contributed by atoms with van der Waals surface area (Å²) in [5.41, 5.74) is 5.90. The number of hydrogen-bond donors (Lipinski definition) is 2. The van der Waals surface area contributed by atoms with E-state index < -0.39 is 0 Å². The lowest BCUT2D eigenvalue weighted by molar-refractivity contribution is 0.0600. The monoisotopic (exact) mass is 220 g/mol. The van der Waals surface area contributed by atoms with Gasteiger partial charge in [-0.25, -0.2) is 4.79 Å². The predicted octanol–water partition coefficient (Wildman–Crippen LogP) is 0.794. The van der Waals surface area contributed by atoms with Gasteiger partial charge in [-0.3, -0.25) is 11.3 Å². The molecule has 86 valence electrons. The molecule has 4 nitrogen and oxygen atoms in total. The van der Waals surface area contributed by atoms with E-state index in [-0.39, 0.29) is 5.97 Å². The van der Waals surface area contributed by atoms with Crippen molar-refractivity contribution in [2.24, 2.45) is 5.84 Å². The molecular formula is C12H16N2O2. The van der Waals surface area contributed by atoms with Gasteiger partial charge in [0.15, 0.2) is 0 Å². The molecule has 3 N–H and O–H groups in total. The Hall–Kier alpha value is -1.39. The first-order valence-corrected chi connectivity index (χ1v) is 5.41. The standard InChI is InChI=1S/C12H16N2O2/c1-16-12(15)9-3-2-8-4-5-11(14-13)7-10(8)6-9/h2-3,6,11,14H,4-5,7,13H2,1H3. The number of methoxy groups -OCH3 is 1. The summed E-state index contributed by atoms with van der Waals surface area (Å²) in [6, 6.07) is 6.04. The van der Waals surface area contributed by atoms with Crippen molar-refractivity contribution >= 4 is 5.97 Å². The number of nitrogens with one attached hydrogen (secondary N) is 1. The third kappa shape index (κ3) is 2.08. The smallest absolute Gasteiger partial charge is 0.337 e. The molecule has 0 amide bonds. The number of benzene rings is 1. The van der Waals surface area contributed by atoms with Crippen LogP contribution >= 0.6 is 0 Å². The van der Waals surface area contributed by atoms with E-state index in [4.69, 9.17) is 10.6 Å². The Kier molecular flexibility index (Phi) is 3.22. The van der Waals surface area contributed by atoms with Crippen LogP contribution < -0.4 is 11.3 Å². The van der Waals surface area contributed by atoms with E-state index in [1.165, 1.54) is 18.2 Å². The average Bonchev–Trinajstić information content (AvgIpc) is 2.36. The molecule has 0 aliphatic heterocycles. The fraction of sp³-hybridized carbons (Fsp3) is 0.417. The summed E-state index contributed by atoms with van der Waals surface area (Å²) in [5.74, 6) is 5.16. The van der Waals surface area contributed by atoms with Crippen LogP contribution in [0, 0.1) is 0 Å². The highest BCUT2D eigenvalue weighted by atomic mass is 16.5. The van der Waals surface area contributed by atoms with Gasteiger partial charge in [0.05, 0.1) is 12.7 Å². The predicted molar refractivity (Wildman–Crippen MR) is 60.9 cm³/mol. The van der Waals surface area contributed by atoms with Crippen molar-refractivity contribution in [2.75, 3.05) is 7.11 Å². The van der Waals surface area contributed by atoms with Crippen molar-refractivity contribution in [3.05, 3.63) is 34.9 Å². The fourth-order valence-electron chi connectivity index (χ4n) is 2.14. The molecule has 1 aromatic carbocycles. The van der Waals surface area contributed by atoms with Crippen molar-refractivity contribution in [3.63, 3.8) is 0 Å².